The molecule has 0 aliphatic carbocycles. The van der Waals surface area contributed by atoms with Crippen LogP contribution in [0.3, 0.4) is 0 Å². The summed E-state index contributed by atoms with van der Waals surface area (Å²) in [5.74, 6) is -0.842. The highest BCUT2D eigenvalue weighted by Crippen LogP contribution is 2.39. The number of rotatable bonds is 6. The van der Waals surface area contributed by atoms with Crippen molar-refractivity contribution >= 4 is 29.2 Å². The van der Waals surface area contributed by atoms with Crippen LogP contribution < -0.4 is 10.5 Å². The van der Waals surface area contributed by atoms with Crippen molar-refractivity contribution in [1.29, 1.82) is 0 Å². The van der Waals surface area contributed by atoms with E-state index in [-0.39, 0.29) is 12.6 Å². The lowest BCUT2D eigenvalue weighted by Crippen LogP contribution is -2.43. The first kappa shape index (κ1) is 18.8. The predicted molar refractivity (Wildman–Crippen MR) is 96.6 cm³/mol. The van der Waals surface area contributed by atoms with Gasteiger partial charge in [-0.25, -0.2) is 4.79 Å². The van der Waals surface area contributed by atoms with Gasteiger partial charge in [0.1, 0.15) is 11.3 Å². The van der Waals surface area contributed by atoms with Crippen molar-refractivity contribution in [1.82, 2.24) is 4.90 Å². The molecule has 142 valence electrons. The zero-order valence-corrected chi connectivity index (χ0v) is 15.3. The molecule has 0 aromatic heterocycles. The second-order valence-corrected chi connectivity index (χ2v) is 7.02. The molecule has 3 N–H and O–H groups in total. The molecule has 0 spiro atoms. The number of nitrogens with two attached hydrogens (primary N) is 1. The Morgan fingerprint density at radius 1 is 1.42 bits per heavy atom. The quantitative estimate of drug-likeness (QED) is 0.576. The van der Waals surface area contributed by atoms with E-state index in [0.29, 0.717) is 48.0 Å². The summed E-state index contributed by atoms with van der Waals surface area (Å²) in [6.07, 6.45) is 3.58. The first-order chi connectivity index (χ1) is 12.5. The fourth-order valence-electron chi connectivity index (χ4n) is 3.49. The molecule has 1 aromatic carbocycles. The van der Waals surface area contributed by atoms with Gasteiger partial charge >= 0.3 is 11.9 Å². The summed E-state index contributed by atoms with van der Waals surface area (Å²) >= 11 is 6.16. The molecule has 8 heteroatoms. The van der Waals surface area contributed by atoms with E-state index >= 15 is 0 Å². The molecule has 1 aromatic rings. The maximum atomic E-state index is 12.7. The number of fused-ring (bicyclic) bond motifs is 1. The maximum absolute atomic E-state index is 12.7. The van der Waals surface area contributed by atoms with Gasteiger partial charge in [-0.1, -0.05) is 11.6 Å². The lowest BCUT2D eigenvalue weighted by atomic mass is 10.1. The molecule has 7 nitrogen and oxygen atoms in total. The first-order valence-corrected chi connectivity index (χ1v) is 9.25. The SMILES string of the molecule is Nc1c(Cl)cc(C(=O)OC2CCCCN2CCCC(=O)O)c2c1CCO2. The number of nitrogen functional groups attached to an aromatic ring is 1. The monoisotopic (exact) mass is 382 g/mol. The number of esters is 1. The Bertz CT molecular complexity index is 709. The molecular formula is C18H23ClN2O5. The molecule has 0 amide bonds. The van der Waals surface area contributed by atoms with Crippen LogP contribution in [0.5, 0.6) is 5.75 Å². The number of benzene rings is 1. The number of ether oxygens (including phenoxy) is 2. The number of carboxylic acids is 1. The van der Waals surface area contributed by atoms with Gasteiger partial charge in [-0.15, -0.1) is 0 Å². The van der Waals surface area contributed by atoms with Gasteiger partial charge in [0.25, 0.3) is 0 Å². The van der Waals surface area contributed by atoms with Crippen LogP contribution in [-0.4, -0.2) is 47.9 Å². The number of aliphatic carboxylic acids is 1. The third kappa shape index (κ3) is 4.04. The Hall–Kier alpha value is -1.99. The third-order valence-electron chi connectivity index (χ3n) is 4.82. The van der Waals surface area contributed by atoms with Crippen molar-refractivity contribution in [3.8, 4) is 5.75 Å². The molecule has 0 bridgehead atoms. The number of carboxylic acid groups (broad SMARTS) is 1. The van der Waals surface area contributed by atoms with Crippen molar-refractivity contribution in [2.75, 3.05) is 25.4 Å². The van der Waals surface area contributed by atoms with Gasteiger partial charge in [-0.2, -0.15) is 0 Å². The average Bonchev–Trinajstić information content (AvgIpc) is 3.09. The Morgan fingerprint density at radius 2 is 2.23 bits per heavy atom. The van der Waals surface area contributed by atoms with Gasteiger partial charge in [-0.05, 0) is 31.7 Å². The van der Waals surface area contributed by atoms with Gasteiger partial charge in [0.15, 0.2) is 6.23 Å². The van der Waals surface area contributed by atoms with Crippen LogP contribution in [0.25, 0.3) is 0 Å². The molecule has 1 fully saturated rings. The van der Waals surface area contributed by atoms with Crippen LogP contribution in [-0.2, 0) is 16.0 Å². The number of anilines is 1. The van der Waals surface area contributed by atoms with Crippen LogP contribution in [0.1, 0.15) is 48.0 Å². The van der Waals surface area contributed by atoms with E-state index in [1.54, 1.807) is 0 Å². The topological polar surface area (TPSA) is 102 Å². The van der Waals surface area contributed by atoms with Crippen molar-refractivity contribution in [2.24, 2.45) is 0 Å². The lowest BCUT2D eigenvalue weighted by molar-refractivity contribution is -0.137. The number of halogens is 1. The fraction of sp³-hybridized carbons (Fsp3) is 0.556. The molecule has 1 saturated heterocycles. The Morgan fingerprint density at radius 3 is 3.00 bits per heavy atom. The van der Waals surface area contributed by atoms with E-state index in [4.69, 9.17) is 31.9 Å². The zero-order chi connectivity index (χ0) is 18.7. The Kier molecular flexibility index (Phi) is 5.88. The number of hydrogen-bond donors (Lipinski definition) is 2. The second-order valence-electron chi connectivity index (χ2n) is 6.61. The van der Waals surface area contributed by atoms with Crippen molar-refractivity contribution in [2.45, 2.75) is 44.8 Å². The first-order valence-electron chi connectivity index (χ1n) is 8.88. The summed E-state index contributed by atoms with van der Waals surface area (Å²) in [6.45, 7) is 1.83. The summed E-state index contributed by atoms with van der Waals surface area (Å²) in [5, 5.41) is 9.12. The predicted octanol–water partition coefficient (Wildman–Crippen LogP) is 2.69. The number of carbonyl (C=O) groups is 2. The highest BCUT2D eigenvalue weighted by Gasteiger charge is 2.30. The standard InChI is InChI=1S/C18H23ClN2O5/c19-13-10-12(17-11(16(13)20)6-9-25-17)18(24)26-14-4-1-2-7-21(14)8-3-5-15(22)23/h10,14H,1-9,20H2,(H,22,23). The van der Waals surface area contributed by atoms with E-state index in [1.165, 1.54) is 6.07 Å². The van der Waals surface area contributed by atoms with E-state index in [2.05, 4.69) is 0 Å². The molecular weight excluding hydrogens is 360 g/mol. The molecule has 0 saturated carbocycles. The van der Waals surface area contributed by atoms with Crippen LogP contribution in [0.4, 0.5) is 5.69 Å². The minimum atomic E-state index is -0.820. The Balaban J connectivity index is 1.71. The third-order valence-corrected chi connectivity index (χ3v) is 5.14. The van der Waals surface area contributed by atoms with Gasteiger partial charge in [-0.3, -0.25) is 9.69 Å². The van der Waals surface area contributed by atoms with E-state index in [1.807, 2.05) is 4.90 Å². The second kappa shape index (κ2) is 8.14. The number of likely N-dealkylation sites (tertiary alicyclic amines) is 1. The van der Waals surface area contributed by atoms with Gasteiger partial charge in [0.2, 0.25) is 0 Å². The number of piperidine rings is 1. The maximum Gasteiger partial charge on any atom is 0.343 e. The summed E-state index contributed by atoms with van der Waals surface area (Å²) < 4.78 is 11.3. The van der Waals surface area contributed by atoms with Crippen LogP contribution >= 0.6 is 11.6 Å². The average molecular weight is 383 g/mol. The molecule has 2 aliphatic heterocycles. The number of hydrogen-bond acceptors (Lipinski definition) is 6. The Labute approximate surface area is 157 Å². The molecule has 2 aliphatic rings. The number of nitrogens with zero attached hydrogens (tertiary/aromatic N) is 1. The molecule has 1 unspecified atom stereocenters. The molecule has 2 heterocycles. The smallest absolute Gasteiger partial charge is 0.343 e. The summed E-state index contributed by atoms with van der Waals surface area (Å²) in [4.78, 5) is 25.5. The highest BCUT2D eigenvalue weighted by molar-refractivity contribution is 6.33. The van der Waals surface area contributed by atoms with Crippen LogP contribution in [0, 0.1) is 0 Å². The largest absolute Gasteiger partial charge is 0.492 e. The summed E-state index contributed by atoms with van der Waals surface area (Å²) in [7, 11) is 0. The lowest BCUT2D eigenvalue weighted by Gasteiger charge is -2.34. The minimum absolute atomic E-state index is 0.103. The molecule has 1 atom stereocenters. The van der Waals surface area contributed by atoms with Crippen molar-refractivity contribution in [3.63, 3.8) is 0 Å². The summed E-state index contributed by atoms with van der Waals surface area (Å²) in [6, 6.07) is 1.50. The molecule has 0 radical (unpaired) electrons. The van der Waals surface area contributed by atoms with Crippen LogP contribution in [0.15, 0.2) is 6.07 Å². The van der Waals surface area contributed by atoms with E-state index in [0.717, 1.165) is 31.4 Å². The van der Waals surface area contributed by atoms with E-state index in [9.17, 15) is 9.59 Å². The normalized spacial score (nSPS) is 19.7. The van der Waals surface area contributed by atoms with Gasteiger partial charge in [0.05, 0.1) is 17.3 Å². The van der Waals surface area contributed by atoms with Gasteiger partial charge < -0.3 is 20.3 Å². The zero-order valence-electron chi connectivity index (χ0n) is 14.5. The van der Waals surface area contributed by atoms with Crippen LogP contribution in [0.2, 0.25) is 5.02 Å². The minimum Gasteiger partial charge on any atom is -0.492 e. The number of carbonyl (C=O) groups excluding carboxylic acids is 1. The molecule has 3 rings (SSSR count). The molecule has 26 heavy (non-hydrogen) atoms. The van der Waals surface area contributed by atoms with Crippen molar-refractivity contribution < 1.29 is 24.2 Å². The van der Waals surface area contributed by atoms with Crippen molar-refractivity contribution in [3.05, 3.63) is 22.2 Å². The highest BCUT2D eigenvalue weighted by atomic mass is 35.5. The summed E-state index contributed by atoms with van der Waals surface area (Å²) in [5.41, 5.74) is 7.47. The van der Waals surface area contributed by atoms with Gasteiger partial charge in [0, 0.05) is 31.5 Å². The van der Waals surface area contributed by atoms with E-state index < -0.39 is 11.9 Å². The fourth-order valence-corrected chi connectivity index (χ4v) is 3.71.